The lowest BCUT2D eigenvalue weighted by Gasteiger charge is -2.35. The number of aryl methyl sites for hydroxylation is 1. The van der Waals surface area contributed by atoms with Crippen molar-refractivity contribution in [1.29, 1.82) is 0 Å². The Bertz CT molecular complexity index is 974. The van der Waals surface area contributed by atoms with Crippen molar-refractivity contribution in [2.24, 2.45) is 0 Å². The number of anilines is 2. The highest BCUT2D eigenvalue weighted by atomic mass is 16.3. The molecule has 0 aliphatic carbocycles. The highest BCUT2D eigenvalue weighted by Crippen LogP contribution is 2.18. The number of nitrogens with zero attached hydrogens (tertiary/aromatic N) is 3. The molecule has 1 fully saturated rings. The minimum atomic E-state index is -0.241. The summed E-state index contributed by atoms with van der Waals surface area (Å²) in [6.07, 6.45) is 3.21. The minimum Gasteiger partial charge on any atom is -0.459 e. The molecule has 2 aromatic heterocycles. The zero-order chi connectivity index (χ0) is 20.2. The van der Waals surface area contributed by atoms with Crippen LogP contribution in [0.1, 0.15) is 26.6 Å². The number of hydrogen-bond acceptors (Lipinski definition) is 5. The normalized spacial score (nSPS) is 14.0. The second kappa shape index (κ2) is 8.18. The van der Waals surface area contributed by atoms with Crippen molar-refractivity contribution >= 4 is 23.2 Å². The topological polar surface area (TPSA) is 78.7 Å². The molecule has 1 saturated heterocycles. The van der Waals surface area contributed by atoms with Gasteiger partial charge < -0.3 is 19.5 Å². The molecule has 1 aliphatic heterocycles. The van der Waals surface area contributed by atoms with Gasteiger partial charge in [-0.3, -0.25) is 9.59 Å². The fourth-order valence-corrected chi connectivity index (χ4v) is 3.26. The van der Waals surface area contributed by atoms with Gasteiger partial charge >= 0.3 is 0 Å². The van der Waals surface area contributed by atoms with Crippen molar-refractivity contribution in [3.05, 3.63) is 78.0 Å². The third-order valence-corrected chi connectivity index (χ3v) is 4.95. The van der Waals surface area contributed by atoms with Gasteiger partial charge in [0.2, 0.25) is 0 Å². The van der Waals surface area contributed by atoms with Gasteiger partial charge in [-0.2, -0.15) is 0 Å². The van der Waals surface area contributed by atoms with Crippen LogP contribution in [-0.4, -0.2) is 47.9 Å². The number of aromatic nitrogens is 1. The van der Waals surface area contributed by atoms with Gasteiger partial charge in [0.15, 0.2) is 5.76 Å². The van der Waals surface area contributed by atoms with Gasteiger partial charge in [-0.05, 0) is 43.3 Å². The minimum absolute atomic E-state index is 0.0871. The number of hydrogen-bond donors (Lipinski definition) is 1. The lowest BCUT2D eigenvalue weighted by atomic mass is 10.2. The van der Waals surface area contributed by atoms with Crippen molar-refractivity contribution in [3.63, 3.8) is 0 Å². The summed E-state index contributed by atoms with van der Waals surface area (Å²) in [5.41, 5.74) is 3.17. The lowest BCUT2D eigenvalue weighted by molar-refractivity contribution is 0.0714. The molecule has 2 amide bonds. The second-order valence-electron chi connectivity index (χ2n) is 6.98. The lowest BCUT2D eigenvalue weighted by Crippen LogP contribution is -2.48. The predicted molar refractivity (Wildman–Crippen MR) is 110 cm³/mol. The van der Waals surface area contributed by atoms with Gasteiger partial charge in [-0.15, -0.1) is 0 Å². The molecule has 7 nitrogen and oxygen atoms in total. The number of amides is 2. The Morgan fingerprint density at radius 3 is 2.38 bits per heavy atom. The average Bonchev–Trinajstić information content (AvgIpc) is 3.30. The van der Waals surface area contributed by atoms with E-state index in [-0.39, 0.29) is 11.8 Å². The summed E-state index contributed by atoms with van der Waals surface area (Å²) in [5, 5.41) is 2.85. The van der Waals surface area contributed by atoms with Crippen LogP contribution in [0.15, 0.2) is 65.4 Å². The van der Waals surface area contributed by atoms with E-state index in [0.717, 1.165) is 16.9 Å². The molecule has 148 valence electrons. The number of carbonyl (C=O) groups is 2. The molecule has 0 radical (unpaired) electrons. The van der Waals surface area contributed by atoms with Crippen molar-refractivity contribution in [1.82, 2.24) is 9.88 Å². The number of carbonyl (C=O) groups excluding carboxylic acids is 2. The Labute approximate surface area is 169 Å². The van der Waals surface area contributed by atoms with Crippen LogP contribution in [0.3, 0.4) is 0 Å². The molecule has 0 bridgehead atoms. The Kier molecular flexibility index (Phi) is 5.29. The Balaban J connectivity index is 1.34. The van der Waals surface area contributed by atoms with E-state index in [2.05, 4.69) is 15.2 Å². The van der Waals surface area contributed by atoms with E-state index < -0.39 is 0 Å². The summed E-state index contributed by atoms with van der Waals surface area (Å²) in [7, 11) is 0. The van der Waals surface area contributed by atoms with E-state index in [1.165, 1.54) is 6.26 Å². The first-order valence-electron chi connectivity index (χ1n) is 9.52. The molecule has 3 aromatic rings. The van der Waals surface area contributed by atoms with Gasteiger partial charge in [0.05, 0.1) is 18.1 Å². The number of pyridine rings is 1. The quantitative estimate of drug-likeness (QED) is 0.740. The summed E-state index contributed by atoms with van der Waals surface area (Å²) in [4.78, 5) is 33.0. The molecule has 1 aliphatic rings. The van der Waals surface area contributed by atoms with E-state index in [1.54, 1.807) is 29.3 Å². The Morgan fingerprint density at radius 2 is 1.76 bits per heavy atom. The van der Waals surface area contributed by atoms with E-state index in [1.807, 2.05) is 37.3 Å². The molecule has 0 unspecified atom stereocenters. The summed E-state index contributed by atoms with van der Waals surface area (Å²) >= 11 is 0. The SMILES string of the molecule is Cc1ccc(NC(=O)c2ccc(N3CCN(C(=O)c4ccco4)CC3)cn2)cc1. The first-order valence-corrected chi connectivity index (χ1v) is 9.52. The zero-order valence-electron chi connectivity index (χ0n) is 16.2. The van der Waals surface area contributed by atoms with E-state index in [4.69, 9.17) is 4.42 Å². The molecule has 29 heavy (non-hydrogen) atoms. The number of piperazine rings is 1. The van der Waals surface area contributed by atoms with Crippen LogP contribution in [0, 0.1) is 6.92 Å². The van der Waals surface area contributed by atoms with Crippen LogP contribution < -0.4 is 10.2 Å². The van der Waals surface area contributed by atoms with E-state index in [0.29, 0.717) is 37.6 Å². The van der Waals surface area contributed by atoms with Crippen molar-refractivity contribution in [2.45, 2.75) is 6.92 Å². The largest absolute Gasteiger partial charge is 0.459 e. The van der Waals surface area contributed by atoms with Gasteiger partial charge in [0.25, 0.3) is 11.8 Å². The summed E-state index contributed by atoms with van der Waals surface area (Å²) in [5.74, 6) is 0.0363. The smallest absolute Gasteiger partial charge is 0.289 e. The zero-order valence-corrected chi connectivity index (χ0v) is 16.2. The van der Waals surface area contributed by atoms with Crippen LogP contribution in [0.5, 0.6) is 0 Å². The van der Waals surface area contributed by atoms with Crippen molar-refractivity contribution in [3.8, 4) is 0 Å². The second-order valence-corrected chi connectivity index (χ2v) is 6.98. The standard InChI is InChI=1S/C22H22N4O3/c1-16-4-6-17(7-5-16)24-21(27)19-9-8-18(15-23-19)25-10-12-26(13-11-25)22(28)20-3-2-14-29-20/h2-9,14-15H,10-13H2,1H3,(H,24,27). The number of furan rings is 1. The van der Waals surface area contributed by atoms with Gasteiger partial charge in [-0.1, -0.05) is 17.7 Å². The molecule has 7 heteroatoms. The van der Waals surface area contributed by atoms with Gasteiger partial charge in [0, 0.05) is 31.9 Å². The van der Waals surface area contributed by atoms with Crippen LogP contribution in [0.25, 0.3) is 0 Å². The van der Waals surface area contributed by atoms with Gasteiger partial charge in [-0.25, -0.2) is 4.98 Å². The fourth-order valence-electron chi connectivity index (χ4n) is 3.26. The predicted octanol–water partition coefficient (Wildman–Crippen LogP) is 3.20. The molecule has 1 aromatic carbocycles. The Morgan fingerprint density at radius 1 is 1.00 bits per heavy atom. The third kappa shape index (κ3) is 4.29. The van der Waals surface area contributed by atoms with E-state index >= 15 is 0 Å². The molecule has 0 atom stereocenters. The maximum Gasteiger partial charge on any atom is 0.289 e. The first kappa shape index (κ1) is 18.7. The van der Waals surface area contributed by atoms with Gasteiger partial charge in [0.1, 0.15) is 5.69 Å². The first-order chi connectivity index (χ1) is 14.1. The highest BCUT2D eigenvalue weighted by Gasteiger charge is 2.24. The molecule has 0 saturated carbocycles. The number of nitrogens with one attached hydrogen (secondary N) is 1. The number of rotatable bonds is 4. The Hall–Kier alpha value is -3.61. The molecule has 4 rings (SSSR count). The highest BCUT2D eigenvalue weighted by molar-refractivity contribution is 6.02. The molecule has 0 spiro atoms. The van der Waals surface area contributed by atoms with Crippen LogP contribution in [0.2, 0.25) is 0 Å². The molecule has 1 N–H and O–H groups in total. The summed E-state index contributed by atoms with van der Waals surface area (Å²) in [6.45, 7) is 4.61. The fraction of sp³-hybridized carbons (Fsp3) is 0.227. The average molecular weight is 390 g/mol. The van der Waals surface area contributed by atoms with Crippen LogP contribution in [0.4, 0.5) is 11.4 Å². The number of benzene rings is 1. The summed E-state index contributed by atoms with van der Waals surface area (Å²) in [6, 6.07) is 14.6. The molecular weight excluding hydrogens is 368 g/mol. The molecular formula is C22H22N4O3. The van der Waals surface area contributed by atoms with Crippen molar-refractivity contribution < 1.29 is 14.0 Å². The van der Waals surface area contributed by atoms with Crippen LogP contribution in [-0.2, 0) is 0 Å². The molecule has 3 heterocycles. The van der Waals surface area contributed by atoms with E-state index in [9.17, 15) is 9.59 Å². The van der Waals surface area contributed by atoms with Crippen LogP contribution >= 0.6 is 0 Å². The maximum absolute atomic E-state index is 12.4. The summed E-state index contributed by atoms with van der Waals surface area (Å²) < 4.78 is 5.19. The third-order valence-electron chi connectivity index (χ3n) is 4.95. The monoisotopic (exact) mass is 390 g/mol. The maximum atomic E-state index is 12.4. The van der Waals surface area contributed by atoms with Crippen molar-refractivity contribution in [2.75, 3.05) is 36.4 Å².